The molecule has 0 amide bonds. The molecule has 0 radical (unpaired) electrons. The lowest BCUT2D eigenvalue weighted by atomic mass is 9.69. The Morgan fingerprint density at radius 1 is 1.30 bits per heavy atom. The van der Waals surface area contributed by atoms with Crippen molar-refractivity contribution in [2.75, 3.05) is 20.3 Å². The molecule has 1 aliphatic carbocycles. The van der Waals surface area contributed by atoms with Crippen LogP contribution in [0.5, 0.6) is 0 Å². The molecule has 0 spiro atoms. The van der Waals surface area contributed by atoms with Gasteiger partial charge in [-0.1, -0.05) is 27.7 Å². The van der Waals surface area contributed by atoms with Gasteiger partial charge in [-0.15, -0.1) is 0 Å². The van der Waals surface area contributed by atoms with Gasteiger partial charge in [0.25, 0.3) is 0 Å². The van der Waals surface area contributed by atoms with E-state index < -0.39 is 0 Å². The minimum atomic E-state index is -0.181. The lowest BCUT2D eigenvalue weighted by Crippen LogP contribution is -2.53. The van der Waals surface area contributed by atoms with Gasteiger partial charge in [0, 0.05) is 25.7 Å². The standard InChI is InChI=1S/C17H35NO2/c1-7-13(2)18(10-11-20-6)15-12-14(17(3,4)5)8-9-16(15)19/h13-16,19H,7-12H2,1-6H3. The van der Waals surface area contributed by atoms with Crippen molar-refractivity contribution < 1.29 is 9.84 Å². The Bertz CT molecular complexity index is 275. The van der Waals surface area contributed by atoms with Gasteiger partial charge in [-0.3, -0.25) is 4.90 Å². The molecule has 1 saturated carbocycles. The van der Waals surface area contributed by atoms with Gasteiger partial charge in [-0.25, -0.2) is 0 Å². The Morgan fingerprint density at radius 3 is 2.45 bits per heavy atom. The van der Waals surface area contributed by atoms with Gasteiger partial charge in [0.1, 0.15) is 0 Å². The average Bonchev–Trinajstić information content (AvgIpc) is 2.39. The van der Waals surface area contributed by atoms with E-state index in [2.05, 4.69) is 39.5 Å². The lowest BCUT2D eigenvalue weighted by molar-refractivity contribution is -0.0386. The molecule has 1 fully saturated rings. The predicted octanol–water partition coefficient (Wildman–Crippen LogP) is 3.31. The van der Waals surface area contributed by atoms with E-state index in [0.29, 0.717) is 17.4 Å². The highest BCUT2D eigenvalue weighted by Crippen LogP contribution is 2.39. The van der Waals surface area contributed by atoms with Crippen LogP contribution < -0.4 is 0 Å². The van der Waals surface area contributed by atoms with Crippen LogP contribution in [-0.4, -0.2) is 48.5 Å². The lowest BCUT2D eigenvalue weighted by Gasteiger charge is -2.46. The van der Waals surface area contributed by atoms with E-state index in [-0.39, 0.29) is 12.1 Å². The first-order valence-corrected chi connectivity index (χ1v) is 8.24. The molecule has 0 aromatic heterocycles. The number of aliphatic hydroxyl groups is 1. The van der Waals surface area contributed by atoms with Crippen LogP contribution in [0.2, 0.25) is 0 Å². The fourth-order valence-corrected chi connectivity index (χ4v) is 3.42. The van der Waals surface area contributed by atoms with Crippen molar-refractivity contribution in [1.29, 1.82) is 0 Å². The summed E-state index contributed by atoms with van der Waals surface area (Å²) in [5.41, 5.74) is 0.334. The van der Waals surface area contributed by atoms with Gasteiger partial charge < -0.3 is 9.84 Å². The minimum absolute atomic E-state index is 0.181. The van der Waals surface area contributed by atoms with Crippen LogP contribution in [0.15, 0.2) is 0 Å². The Kier molecular flexibility index (Phi) is 6.96. The van der Waals surface area contributed by atoms with Crippen molar-refractivity contribution in [3.63, 3.8) is 0 Å². The molecule has 3 heteroatoms. The number of rotatable bonds is 6. The summed E-state index contributed by atoms with van der Waals surface area (Å²) in [6, 6.07) is 0.793. The molecule has 1 N–H and O–H groups in total. The minimum Gasteiger partial charge on any atom is -0.391 e. The summed E-state index contributed by atoms with van der Waals surface area (Å²) < 4.78 is 5.26. The van der Waals surface area contributed by atoms with Crippen LogP contribution in [0.3, 0.4) is 0 Å². The van der Waals surface area contributed by atoms with E-state index in [1.54, 1.807) is 7.11 Å². The van der Waals surface area contributed by atoms with E-state index in [1.807, 2.05) is 0 Å². The van der Waals surface area contributed by atoms with E-state index >= 15 is 0 Å². The molecular formula is C17H35NO2. The normalized spacial score (nSPS) is 29.7. The van der Waals surface area contributed by atoms with Gasteiger partial charge in [0.15, 0.2) is 0 Å². The summed E-state index contributed by atoms with van der Waals surface area (Å²) in [5, 5.41) is 10.5. The van der Waals surface area contributed by atoms with E-state index in [4.69, 9.17) is 4.74 Å². The summed E-state index contributed by atoms with van der Waals surface area (Å²) in [4.78, 5) is 2.48. The Labute approximate surface area is 125 Å². The number of hydrogen-bond acceptors (Lipinski definition) is 3. The quantitative estimate of drug-likeness (QED) is 0.812. The van der Waals surface area contributed by atoms with Gasteiger partial charge >= 0.3 is 0 Å². The molecule has 4 unspecified atom stereocenters. The molecule has 1 aliphatic rings. The summed E-state index contributed by atoms with van der Waals surface area (Å²) in [6.07, 6.45) is 4.14. The SMILES string of the molecule is CCC(C)N(CCOC)C1CC(C(C)(C)C)CCC1O. The average molecular weight is 285 g/mol. The predicted molar refractivity (Wildman–Crippen MR) is 84.9 cm³/mol. The second-order valence-corrected chi connectivity index (χ2v) is 7.50. The van der Waals surface area contributed by atoms with Crippen molar-refractivity contribution in [3.05, 3.63) is 0 Å². The van der Waals surface area contributed by atoms with Crippen LogP contribution in [0.25, 0.3) is 0 Å². The molecule has 0 bridgehead atoms. The second-order valence-electron chi connectivity index (χ2n) is 7.50. The molecule has 1 rings (SSSR count). The number of ether oxygens (including phenoxy) is 1. The van der Waals surface area contributed by atoms with Gasteiger partial charge in [0.2, 0.25) is 0 Å². The van der Waals surface area contributed by atoms with Crippen molar-refractivity contribution in [2.45, 2.75) is 78.5 Å². The maximum atomic E-state index is 10.5. The molecule has 0 aliphatic heterocycles. The Balaban J connectivity index is 2.80. The van der Waals surface area contributed by atoms with Crippen molar-refractivity contribution >= 4 is 0 Å². The largest absolute Gasteiger partial charge is 0.391 e. The zero-order valence-electron chi connectivity index (χ0n) is 14.4. The number of hydrogen-bond donors (Lipinski definition) is 1. The molecule has 0 aromatic rings. The number of aliphatic hydroxyl groups excluding tert-OH is 1. The van der Waals surface area contributed by atoms with Gasteiger partial charge in [-0.2, -0.15) is 0 Å². The third-order valence-electron chi connectivity index (χ3n) is 5.14. The number of nitrogens with zero attached hydrogens (tertiary/aromatic N) is 1. The third-order valence-corrected chi connectivity index (χ3v) is 5.14. The maximum Gasteiger partial charge on any atom is 0.0695 e. The topological polar surface area (TPSA) is 32.7 Å². The summed E-state index contributed by atoms with van der Waals surface area (Å²) in [6.45, 7) is 13.1. The van der Waals surface area contributed by atoms with Crippen molar-refractivity contribution in [1.82, 2.24) is 4.90 Å². The summed E-state index contributed by atoms with van der Waals surface area (Å²) in [5.74, 6) is 0.699. The molecule has 0 heterocycles. The van der Waals surface area contributed by atoms with Crippen molar-refractivity contribution in [3.8, 4) is 0 Å². The molecule has 0 aromatic carbocycles. The molecular weight excluding hydrogens is 250 g/mol. The van der Waals surface area contributed by atoms with E-state index in [1.165, 1.54) is 0 Å². The molecule has 3 nitrogen and oxygen atoms in total. The monoisotopic (exact) mass is 285 g/mol. The fourth-order valence-electron chi connectivity index (χ4n) is 3.42. The van der Waals surface area contributed by atoms with Crippen LogP contribution in [0.1, 0.15) is 60.3 Å². The highest BCUT2D eigenvalue weighted by atomic mass is 16.5. The van der Waals surface area contributed by atoms with E-state index in [0.717, 1.165) is 38.8 Å². The Hall–Kier alpha value is -0.120. The molecule has 0 saturated heterocycles. The zero-order chi connectivity index (χ0) is 15.3. The highest BCUT2D eigenvalue weighted by Gasteiger charge is 2.38. The van der Waals surface area contributed by atoms with Crippen LogP contribution in [0.4, 0.5) is 0 Å². The second kappa shape index (κ2) is 7.77. The summed E-state index contributed by atoms with van der Waals surface area (Å²) in [7, 11) is 1.75. The third kappa shape index (κ3) is 4.71. The molecule has 20 heavy (non-hydrogen) atoms. The van der Waals surface area contributed by atoms with Crippen LogP contribution in [-0.2, 0) is 4.74 Å². The highest BCUT2D eigenvalue weighted by molar-refractivity contribution is 4.92. The van der Waals surface area contributed by atoms with E-state index in [9.17, 15) is 5.11 Å². The van der Waals surface area contributed by atoms with Gasteiger partial charge in [0.05, 0.1) is 12.7 Å². The number of methoxy groups -OCH3 is 1. The smallest absolute Gasteiger partial charge is 0.0695 e. The Morgan fingerprint density at radius 2 is 1.95 bits per heavy atom. The fraction of sp³-hybridized carbons (Fsp3) is 1.00. The molecule has 4 atom stereocenters. The van der Waals surface area contributed by atoms with Crippen molar-refractivity contribution in [2.24, 2.45) is 11.3 Å². The van der Waals surface area contributed by atoms with Crippen LogP contribution >= 0.6 is 0 Å². The zero-order valence-corrected chi connectivity index (χ0v) is 14.4. The first kappa shape index (κ1) is 17.9. The van der Waals surface area contributed by atoms with Crippen LogP contribution in [0, 0.1) is 11.3 Å². The first-order valence-electron chi connectivity index (χ1n) is 8.24. The molecule has 120 valence electrons. The summed E-state index contributed by atoms with van der Waals surface area (Å²) >= 11 is 0. The first-order chi connectivity index (χ1) is 9.31. The van der Waals surface area contributed by atoms with Gasteiger partial charge in [-0.05, 0) is 43.9 Å². The maximum absolute atomic E-state index is 10.5.